The van der Waals surface area contributed by atoms with Gasteiger partial charge in [-0.05, 0) is 67.2 Å². The number of carbonyl (C=O) groups excluding carboxylic acids is 11. The summed E-state index contributed by atoms with van der Waals surface area (Å²) in [5, 5.41) is 11.4. The van der Waals surface area contributed by atoms with Gasteiger partial charge in [0.05, 0.1) is 18.6 Å². The van der Waals surface area contributed by atoms with Crippen LogP contribution in [0.5, 0.6) is 0 Å². The van der Waals surface area contributed by atoms with Crippen LogP contribution in [0.15, 0.2) is 121 Å². The van der Waals surface area contributed by atoms with Crippen LogP contribution in [0.2, 0.25) is 0 Å². The molecule has 0 bridgehead atoms. The molecule has 24 heteroatoms. The number of nitrogens with two attached hydrogens (primary N) is 1. The molecule has 0 radical (unpaired) electrons. The van der Waals surface area contributed by atoms with E-state index in [-0.39, 0.29) is 74.5 Å². The molecule has 9 amide bonds. The normalized spacial score (nSPS) is 22.4. The van der Waals surface area contributed by atoms with E-state index in [2.05, 4.69) is 42.0 Å². The van der Waals surface area contributed by atoms with Crippen LogP contribution in [0, 0.1) is 11.8 Å². The maximum atomic E-state index is 15.3. The zero-order valence-electron chi connectivity index (χ0n) is 57.0. The number of hydrogen-bond donors (Lipinski definition) is 5. The van der Waals surface area contributed by atoms with Gasteiger partial charge in [-0.1, -0.05) is 184 Å². The zero-order chi connectivity index (χ0) is 70.1. The lowest BCUT2D eigenvalue weighted by atomic mass is 9.93. The lowest BCUT2D eigenvalue weighted by Gasteiger charge is -2.35. The minimum Gasteiger partial charge on any atom is -0.454 e. The van der Waals surface area contributed by atoms with Crippen molar-refractivity contribution < 1.29 is 57.5 Å². The molecule has 22 nitrogen and oxygen atoms in total. The Hall–Kier alpha value is -8.09. The molecular weight excluding hydrogens is 1250 g/mol. The lowest BCUT2D eigenvalue weighted by Crippen LogP contribution is -2.59. The largest absolute Gasteiger partial charge is 0.454 e. The number of esters is 1. The number of ketones is 1. The van der Waals surface area contributed by atoms with E-state index >= 15 is 14.4 Å². The van der Waals surface area contributed by atoms with Gasteiger partial charge in [0.15, 0.2) is 12.4 Å². The number of carbonyl (C=O) groups is 11. The molecule has 1 saturated heterocycles. The number of rotatable bonds is 19. The average molecular weight is 1350 g/mol. The fourth-order valence-corrected chi connectivity index (χ4v) is 13.2. The quantitative estimate of drug-likeness (QED) is 0.0459. The fourth-order valence-electron chi connectivity index (χ4n) is 10.8. The first-order valence-corrected chi connectivity index (χ1v) is 34.7. The number of likely N-dealkylation sites (N-methyl/N-ethyl adjacent to an activating group) is 5. The first kappa shape index (κ1) is 77.6. The molecule has 1 unspecified atom stereocenters. The van der Waals surface area contributed by atoms with E-state index in [0.717, 1.165) is 9.80 Å². The third kappa shape index (κ3) is 24.9. The number of hydrogen-bond acceptors (Lipinski definition) is 15. The van der Waals surface area contributed by atoms with Gasteiger partial charge in [0.1, 0.15) is 36.3 Å². The van der Waals surface area contributed by atoms with Gasteiger partial charge in [-0.2, -0.15) is 0 Å². The van der Waals surface area contributed by atoms with E-state index in [1.165, 1.54) is 74.6 Å². The van der Waals surface area contributed by atoms with Crippen molar-refractivity contribution >= 4 is 86.5 Å². The van der Waals surface area contributed by atoms with Crippen LogP contribution < -0.4 is 27.0 Å². The average Bonchev–Trinajstić information content (AvgIpc) is 0.860. The number of ether oxygens (including phenoxy) is 1. The van der Waals surface area contributed by atoms with Crippen LogP contribution in [0.1, 0.15) is 103 Å². The summed E-state index contributed by atoms with van der Waals surface area (Å²) in [5.41, 5.74) is 8.89. The van der Waals surface area contributed by atoms with Gasteiger partial charge in [-0.3, -0.25) is 47.9 Å². The summed E-state index contributed by atoms with van der Waals surface area (Å²) < 4.78 is 5.64. The first-order valence-electron chi connectivity index (χ1n) is 32.4. The summed E-state index contributed by atoms with van der Waals surface area (Å²) in [6, 6.07) is 25.7. The van der Waals surface area contributed by atoms with Crippen molar-refractivity contribution in [1.82, 2.24) is 45.8 Å². The molecule has 95 heavy (non-hydrogen) atoms. The van der Waals surface area contributed by atoms with Crippen LogP contribution in [0.25, 0.3) is 0 Å². The third-order valence-corrected chi connectivity index (χ3v) is 20.0. The molecule has 6 N–H and O–H groups in total. The van der Waals surface area contributed by atoms with Crippen molar-refractivity contribution in [2.24, 2.45) is 17.6 Å². The number of nitrogens with one attached hydrogen (secondary N) is 4. The predicted octanol–water partition coefficient (Wildman–Crippen LogP) is 5.19. The molecule has 1 fully saturated rings. The number of cyclic esters (lactones) is 1. The van der Waals surface area contributed by atoms with Gasteiger partial charge in [-0.15, -0.1) is 0 Å². The molecule has 4 aromatic rings. The second-order valence-corrected chi connectivity index (χ2v) is 29.1. The Morgan fingerprint density at radius 1 is 0.579 bits per heavy atom. The molecule has 1 heterocycles. The minimum atomic E-state index is -1.39. The highest BCUT2D eigenvalue weighted by molar-refractivity contribution is 8.77. The molecule has 4 aromatic carbocycles. The summed E-state index contributed by atoms with van der Waals surface area (Å²) in [4.78, 5) is 166. The number of Topliss-reactive ketones (excluding diaryl/α,β-unsaturated/α-hetero) is 1. The Kier molecular flexibility index (Phi) is 30.9. The smallest absolute Gasteiger partial charge is 0.329 e. The van der Waals surface area contributed by atoms with E-state index in [4.69, 9.17) is 10.5 Å². The maximum Gasteiger partial charge on any atom is 0.329 e. The molecule has 1 aliphatic heterocycles. The number of nitrogens with zero attached hydrogens (tertiary/aromatic N) is 5. The van der Waals surface area contributed by atoms with Gasteiger partial charge in [-0.25, -0.2) is 4.79 Å². The summed E-state index contributed by atoms with van der Waals surface area (Å²) in [6.45, 7) is 11.7. The Bertz CT molecular complexity index is 3220. The van der Waals surface area contributed by atoms with Crippen LogP contribution in [-0.4, -0.2) is 203 Å². The maximum absolute atomic E-state index is 15.3. The molecule has 1 aliphatic rings. The molecule has 516 valence electrons. The number of amides is 9. The van der Waals surface area contributed by atoms with Gasteiger partial charge >= 0.3 is 5.97 Å². The SMILES string of the molecule is CC(C)CC1C(=O)N[C@@H](Cc2ccccc2)C(=O)N(C)CC(=O)N(C)[C@@H](Cc2ccccc2)C(=O)C[C@@H](C)C(=O)N(C)[C@@H](C)C(=O)N[C@H](Cc2ccccc2)C(=O)OCC(=O)N(C)[C@@H](Cc2ccccc2)C(=O)N[C@@H](CCCCNC(=O)[C@@H](N)CSSC(C)(C)C)C(=O)N1C. The molecule has 0 aromatic heterocycles. The molecule has 0 aliphatic carbocycles. The van der Waals surface area contributed by atoms with Gasteiger partial charge in [0, 0.05) is 83.9 Å². The van der Waals surface area contributed by atoms with Crippen molar-refractivity contribution in [2.45, 2.75) is 159 Å². The van der Waals surface area contributed by atoms with E-state index < -0.39 is 126 Å². The Morgan fingerprint density at radius 3 is 1.58 bits per heavy atom. The summed E-state index contributed by atoms with van der Waals surface area (Å²) in [5.74, 6) is -8.25. The van der Waals surface area contributed by atoms with Crippen molar-refractivity contribution in [3.8, 4) is 0 Å². The van der Waals surface area contributed by atoms with Crippen molar-refractivity contribution in [3.63, 3.8) is 0 Å². The van der Waals surface area contributed by atoms with Crippen LogP contribution in [-0.2, 0) is 83.2 Å². The molecule has 0 spiro atoms. The second kappa shape index (κ2) is 37.9. The highest BCUT2D eigenvalue weighted by Gasteiger charge is 2.39. The number of benzene rings is 4. The molecule has 5 rings (SSSR count). The van der Waals surface area contributed by atoms with Gasteiger partial charge in [0.25, 0.3) is 5.91 Å². The second-order valence-electron chi connectivity index (χ2n) is 25.9. The molecular formula is C71H98N10O12S2. The Labute approximate surface area is 568 Å². The van der Waals surface area contributed by atoms with Crippen LogP contribution >= 0.6 is 21.6 Å². The fraction of sp³-hybridized carbons (Fsp3) is 0.507. The Balaban J connectivity index is 1.58. The van der Waals surface area contributed by atoms with Crippen LogP contribution in [0.3, 0.4) is 0 Å². The van der Waals surface area contributed by atoms with Crippen molar-refractivity contribution in [1.29, 1.82) is 0 Å². The van der Waals surface area contributed by atoms with E-state index in [0.29, 0.717) is 34.4 Å². The lowest BCUT2D eigenvalue weighted by molar-refractivity contribution is -0.156. The number of unbranched alkanes of at least 4 members (excludes halogenated alkanes) is 1. The summed E-state index contributed by atoms with van der Waals surface area (Å²) in [6.07, 6.45) is 0.215. The van der Waals surface area contributed by atoms with E-state index in [1.807, 2.05) is 13.8 Å². The zero-order valence-corrected chi connectivity index (χ0v) is 58.7. The third-order valence-electron chi connectivity index (χ3n) is 16.6. The van der Waals surface area contributed by atoms with E-state index in [9.17, 15) is 38.4 Å². The predicted molar refractivity (Wildman–Crippen MR) is 370 cm³/mol. The summed E-state index contributed by atoms with van der Waals surface area (Å²) in [7, 11) is 10.2. The van der Waals surface area contributed by atoms with Crippen molar-refractivity contribution in [3.05, 3.63) is 144 Å². The van der Waals surface area contributed by atoms with Crippen LogP contribution in [0.4, 0.5) is 0 Å². The first-order chi connectivity index (χ1) is 45.0. The van der Waals surface area contributed by atoms with Gasteiger partial charge in [0.2, 0.25) is 47.3 Å². The minimum absolute atomic E-state index is 0.00539. The topological polar surface area (TPSA) is 287 Å². The highest BCUT2D eigenvalue weighted by atomic mass is 33.1. The van der Waals surface area contributed by atoms with E-state index in [1.54, 1.807) is 132 Å². The monoisotopic (exact) mass is 1350 g/mol. The standard InChI is InChI=1S/C71H98N10O12S2/c1-46(2)37-58-65(87)75-55(39-49-27-17-13-18-28-49)68(90)77(8)43-61(83)79(10)57(41-51-31-21-15-22-32-51)60(82)38-47(3)67(89)78(9)48(4)63(85)76-56(40-50-29-19-14-20-30-50)70(92)93-44-62(84)80(11)59(42-52-33-23-16-24-34-52)66(88)74-54(69(91)81(58)12)35-25-26-36-73-64(86)53(72)45-94-95-71(5,6)7/h13-24,27-34,46-48,53-59H,25-26,35-45,72H2,1-12H3,(H,73,86)(H,74,88)(H,75,87)(H,76,85)/t47-,48+,53+,54+,55+,56-,57+,58?,59+/m1/s1. The van der Waals surface area contributed by atoms with Gasteiger partial charge < -0.3 is 56.2 Å². The Morgan fingerprint density at radius 2 is 1.05 bits per heavy atom. The summed E-state index contributed by atoms with van der Waals surface area (Å²) >= 11 is 0. The molecule has 9 atom stereocenters. The highest BCUT2D eigenvalue weighted by Crippen LogP contribution is 2.35. The van der Waals surface area contributed by atoms with Crippen molar-refractivity contribution in [2.75, 3.05) is 60.7 Å². The molecule has 0 saturated carbocycles.